The van der Waals surface area contributed by atoms with Gasteiger partial charge in [0, 0.05) is 32.4 Å². The minimum Gasteiger partial charge on any atom is -0.323 e. The molecule has 2 N–H and O–H groups in total. The Kier molecular flexibility index (Phi) is 13.1. The molecule has 0 radical (unpaired) electrons. The number of nitrogens with one attached hydrogen (secondary N) is 2. The lowest BCUT2D eigenvalue weighted by atomic mass is 10.2. The van der Waals surface area contributed by atoms with Gasteiger partial charge in [0.15, 0.2) is 0 Å². The Morgan fingerprint density at radius 2 is 0.879 bits per heavy atom. The number of allylic oxidation sites excluding steroid dienone is 8. The minimum absolute atomic E-state index is 0.0369. The van der Waals surface area contributed by atoms with Gasteiger partial charge in [-0.2, -0.15) is 0 Å². The molecule has 0 aromatic rings. The number of hydrogen-bond acceptors (Lipinski definition) is 3. The minimum atomic E-state index is -0.695. The number of carbonyl (C=O) groups excluding carboxylic acids is 2. The summed E-state index contributed by atoms with van der Waals surface area (Å²) in [6.45, 7) is 28.3. The van der Waals surface area contributed by atoms with Gasteiger partial charge in [0.25, 0.3) is 11.8 Å². The van der Waals surface area contributed by atoms with Crippen LogP contribution in [0.3, 0.4) is 0 Å². The van der Waals surface area contributed by atoms with Gasteiger partial charge >= 0.3 is 0 Å². The van der Waals surface area contributed by atoms with E-state index in [0.29, 0.717) is 9.81 Å². The first-order valence-corrected chi connectivity index (χ1v) is 9.98. The van der Waals surface area contributed by atoms with Crippen molar-refractivity contribution in [1.29, 1.82) is 0 Å². The molecule has 2 amide bonds. The van der Waals surface area contributed by atoms with Crippen molar-refractivity contribution >= 4 is 23.6 Å². The Bertz CT molecular complexity index is 959. The van der Waals surface area contributed by atoms with Crippen LogP contribution < -0.4 is 10.6 Å². The highest BCUT2D eigenvalue weighted by Gasteiger charge is 2.05. The molecule has 0 rings (SSSR count). The van der Waals surface area contributed by atoms with Crippen LogP contribution in [0.5, 0.6) is 0 Å². The van der Waals surface area contributed by atoms with Gasteiger partial charge in [0.2, 0.25) is 0 Å². The lowest BCUT2D eigenvalue weighted by Crippen LogP contribution is -2.21. The summed E-state index contributed by atoms with van der Waals surface area (Å²) in [5.74, 6) is -2.47. The second kappa shape index (κ2) is 14.9. The maximum Gasteiger partial charge on any atom is 0.255 e. The fraction of sp³-hybridized carbons (Fsp3) is 0. The quantitative estimate of drug-likeness (QED) is 0.232. The van der Waals surface area contributed by atoms with Crippen LogP contribution in [0.1, 0.15) is 0 Å². The first-order chi connectivity index (χ1) is 15.3. The van der Waals surface area contributed by atoms with Crippen molar-refractivity contribution in [3.05, 3.63) is 145 Å². The van der Waals surface area contributed by atoms with Crippen molar-refractivity contribution in [1.82, 2.24) is 10.6 Å². The summed E-state index contributed by atoms with van der Waals surface area (Å²) in [6.07, 6.45) is 10.7. The Hall–Kier alpha value is -3.97. The van der Waals surface area contributed by atoms with Crippen molar-refractivity contribution in [2.75, 3.05) is 0 Å². The predicted octanol–water partition coefficient (Wildman–Crippen LogP) is 6.31. The molecule has 0 unspecified atom stereocenters. The fourth-order valence-electron chi connectivity index (χ4n) is 1.69. The third-order valence-corrected chi connectivity index (χ3v) is 4.06. The van der Waals surface area contributed by atoms with Gasteiger partial charge in [-0.3, -0.25) is 9.59 Å². The Morgan fingerprint density at radius 1 is 0.545 bits per heavy atom. The van der Waals surface area contributed by atoms with Gasteiger partial charge in [-0.1, -0.05) is 64.4 Å². The monoisotopic (exact) mass is 468 g/mol. The average molecular weight is 469 g/mol. The average Bonchev–Trinajstić information content (AvgIpc) is 2.72. The summed E-state index contributed by atoms with van der Waals surface area (Å²) < 4.78 is 25.2. The summed E-state index contributed by atoms with van der Waals surface area (Å²) in [6, 6.07) is 0. The summed E-state index contributed by atoms with van der Waals surface area (Å²) in [5.41, 5.74) is 0.626. The van der Waals surface area contributed by atoms with E-state index in [1.54, 1.807) is 12.2 Å². The standard InChI is InChI=1S/C26H26F2N2O2S/c1-17(9-11-19(3)27)25(31)29-21(5)13-15-23(7)33-24(8)16-14-22(6)30-26(32)18(2)10-12-20(4)28/h9-16H,1-8H2,(H,29,31)(H,30,32)/b11-9-,12-10-,15-13-,16-14-. The van der Waals surface area contributed by atoms with E-state index in [2.05, 4.69) is 63.3 Å². The molecular formula is C26H26F2N2O2S. The van der Waals surface area contributed by atoms with Gasteiger partial charge < -0.3 is 10.6 Å². The van der Waals surface area contributed by atoms with Gasteiger partial charge in [-0.25, -0.2) is 8.78 Å². The largest absolute Gasteiger partial charge is 0.323 e. The van der Waals surface area contributed by atoms with Crippen molar-refractivity contribution in [2.45, 2.75) is 0 Å². The topological polar surface area (TPSA) is 58.2 Å². The molecule has 0 heterocycles. The fourth-order valence-corrected chi connectivity index (χ4v) is 2.30. The van der Waals surface area contributed by atoms with Crippen molar-refractivity contribution in [3.63, 3.8) is 0 Å². The smallest absolute Gasteiger partial charge is 0.255 e. The molecule has 0 saturated carbocycles. The second-order valence-electron chi connectivity index (χ2n) is 6.27. The maximum atomic E-state index is 12.6. The zero-order valence-corrected chi connectivity index (χ0v) is 19.1. The lowest BCUT2D eigenvalue weighted by Gasteiger charge is -2.06. The molecule has 7 heteroatoms. The molecule has 0 bridgehead atoms. The summed E-state index contributed by atoms with van der Waals surface area (Å²) in [5, 5.41) is 4.99. The van der Waals surface area contributed by atoms with Gasteiger partial charge in [-0.15, -0.1) is 0 Å². The van der Waals surface area contributed by atoms with E-state index in [4.69, 9.17) is 0 Å². The molecule has 33 heavy (non-hydrogen) atoms. The van der Waals surface area contributed by atoms with E-state index in [0.717, 1.165) is 12.2 Å². The van der Waals surface area contributed by atoms with E-state index in [-0.39, 0.29) is 22.5 Å². The van der Waals surface area contributed by atoms with Crippen LogP contribution >= 0.6 is 11.8 Å². The number of halogens is 2. The van der Waals surface area contributed by atoms with E-state index in [9.17, 15) is 18.4 Å². The van der Waals surface area contributed by atoms with E-state index in [1.807, 2.05) is 0 Å². The lowest BCUT2D eigenvalue weighted by molar-refractivity contribution is -0.117. The highest BCUT2D eigenvalue weighted by atomic mass is 32.2. The third-order valence-electron chi connectivity index (χ3n) is 3.27. The second-order valence-corrected chi connectivity index (χ2v) is 7.52. The summed E-state index contributed by atoms with van der Waals surface area (Å²) in [4.78, 5) is 25.0. The van der Waals surface area contributed by atoms with E-state index in [1.165, 1.54) is 36.1 Å². The molecule has 0 saturated heterocycles. The molecule has 0 aromatic heterocycles. The Morgan fingerprint density at radius 3 is 1.18 bits per heavy atom. The first-order valence-electron chi connectivity index (χ1n) is 9.17. The van der Waals surface area contributed by atoms with Crippen LogP contribution in [-0.4, -0.2) is 11.8 Å². The van der Waals surface area contributed by atoms with E-state index < -0.39 is 23.5 Å². The number of hydrogen-bond donors (Lipinski definition) is 2. The summed E-state index contributed by atoms with van der Waals surface area (Å²) in [7, 11) is 0. The molecule has 0 spiro atoms. The number of rotatable bonds is 14. The van der Waals surface area contributed by atoms with Crippen LogP contribution in [0.15, 0.2) is 145 Å². The summed E-state index contributed by atoms with van der Waals surface area (Å²) >= 11 is 1.23. The molecule has 0 atom stereocenters. The van der Waals surface area contributed by atoms with Crippen LogP contribution in [0.25, 0.3) is 0 Å². The van der Waals surface area contributed by atoms with Crippen LogP contribution in [-0.2, 0) is 9.59 Å². The molecular weight excluding hydrogens is 442 g/mol. The maximum absolute atomic E-state index is 12.6. The first kappa shape index (κ1) is 29.0. The normalized spacial score (nSPS) is 11.0. The zero-order chi connectivity index (χ0) is 25.6. The number of thioether (sulfide) groups is 1. The highest BCUT2D eigenvalue weighted by Crippen LogP contribution is 2.24. The van der Waals surface area contributed by atoms with Crippen LogP contribution in [0.4, 0.5) is 8.78 Å². The van der Waals surface area contributed by atoms with Gasteiger partial charge in [-0.05, 0) is 48.6 Å². The molecule has 172 valence electrons. The highest BCUT2D eigenvalue weighted by molar-refractivity contribution is 8.07. The molecule has 0 aliphatic rings. The molecule has 0 aliphatic carbocycles. The van der Waals surface area contributed by atoms with Crippen molar-refractivity contribution in [3.8, 4) is 0 Å². The van der Waals surface area contributed by atoms with Crippen LogP contribution in [0.2, 0.25) is 0 Å². The van der Waals surface area contributed by atoms with Gasteiger partial charge in [0.1, 0.15) is 11.7 Å². The zero-order valence-electron chi connectivity index (χ0n) is 18.3. The number of amides is 2. The Balaban J connectivity index is 4.61. The van der Waals surface area contributed by atoms with Crippen LogP contribution in [0, 0.1) is 0 Å². The number of carbonyl (C=O) groups is 2. The third kappa shape index (κ3) is 14.6. The predicted molar refractivity (Wildman–Crippen MR) is 136 cm³/mol. The SMILES string of the molecule is C=C(F)/C=C\C(=C)C(=O)NC(=C)/C=C\C(=C)SC(=C)/C=C\C(=C)NC(=O)C(=C)/C=C\C(=C)F. The van der Waals surface area contributed by atoms with Crippen molar-refractivity contribution in [2.24, 2.45) is 0 Å². The van der Waals surface area contributed by atoms with E-state index >= 15 is 0 Å². The molecule has 4 nitrogen and oxygen atoms in total. The molecule has 0 aromatic carbocycles. The van der Waals surface area contributed by atoms with Gasteiger partial charge in [0.05, 0.1) is 0 Å². The molecule has 0 fully saturated rings. The van der Waals surface area contributed by atoms with Crippen molar-refractivity contribution < 1.29 is 18.4 Å². The molecule has 0 aliphatic heterocycles. The Labute approximate surface area is 197 Å².